The molecule has 0 aromatic carbocycles. The normalized spacial score (nSPS) is 13.9. The van der Waals surface area contributed by atoms with Crippen LogP contribution in [0, 0.1) is 5.41 Å². The molecule has 0 saturated heterocycles. The summed E-state index contributed by atoms with van der Waals surface area (Å²) in [5, 5.41) is 19.9. The highest BCUT2D eigenvalue weighted by molar-refractivity contribution is 5.71. The predicted octanol–water partition coefficient (Wildman–Crippen LogP) is 0.907. The zero-order valence-corrected chi connectivity index (χ0v) is 9.43. The van der Waals surface area contributed by atoms with Crippen LogP contribution < -0.4 is 0 Å². The van der Waals surface area contributed by atoms with Crippen LogP contribution in [0.2, 0.25) is 0 Å². The number of hydrogen-bond donors (Lipinski definition) is 1. The molecule has 1 heterocycles. The number of nitrogens with zero attached hydrogens (tertiary/aromatic N) is 4. The monoisotopic (exact) mass is 212 g/mol. The van der Waals surface area contributed by atoms with Crippen molar-refractivity contribution < 1.29 is 9.90 Å². The lowest BCUT2D eigenvalue weighted by Gasteiger charge is -2.18. The first-order chi connectivity index (χ1) is 6.81. The topological polar surface area (TPSA) is 80.9 Å². The minimum absolute atomic E-state index is 0.0324. The van der Waals surface area contributed by atoms with Crippen LogP contribution in [0.1, 0.15) is 39.6 Å². The van der Waals surface area contributed by atoms with Crippen LogP contribution in [-0.2, 0) is 11.2 Å². The van der Waals surface area contributed by atoms with E-state index in [1.54, 1.807) is 6.92 Å². The summed E-state index contributed by atoms with van der Waals surface area (Å²) < 4.78 is 1.35. The van der Waals surface area contributed by atoms with Gasteiger partial charge in [0.2, 0.25) is 0 Å². The molecule has 1 aromatic rings. The number of carboxylic acids is 1. The first kappa shape index (κ1) is 11.6. The van der Waals surface area contributed by atoms with Crippen LogP contribution in [0.4, 0.5) is 0 Å². The third-order valence-electron chi connectivity index (χ3n) is 1.97. The van der Waals surface area contributed by atoms with Crippen LogP contribution in [-0.4, -0.2) is 31.3 Å². The molecule has 6 nitrogen and oxygen atoms in total. The fraction of sp³-hybridized carbons (Fsp3) is 0.778. The number of aliphatic carboxylic acids is 1. The van der Waals surface area contributed by atoms with Gasteiger partial charge in [0.1, 0.15) is 6.04 Å². The minimum Gasteiger partial charge on any atom is -0.480 e. The van der Waals surface area contributed by atoms with Crippen molar-refractivity contribution >= 4 is 5.97 Å². The van der Waals surface area contributed by atoms with Crippen molar-refractivity contribution in [1.82, 2.24) is 20.2 Å². The van der Waals surface area contributed by atoms with Crippen molar-refractivity contribution in [3.05, 3.63) is 5.82 Å². The van der Waals surface area contributed by atoms with Gasteiger partial charge in [0, 0.05) is 6.42 Å². The molecule has 1 rings (SSSR count). The molecule has 0 radical (unpaired) electrons. The molecule has 84 valence electrons. The molecule has 1 aromatic heterocycles. The third-order valence-corrected chi connectivity index (χ3v) is 1.97. The van der Waals surface area contributed by atoms with Crippen molar-refractivity contribution in [3.63, 3.8) is 0 Å². The summed E-state index contributed by atoms with van der Waals surface area (Å²) in [6, 6.07) is -0.725. The second kappa shape index (κ2) is 3.96. The molecule has 15 heavy (non-hydrogen) atoms. The number of rotatable bonds is 3. The first-order valence-electron chi connectivity index (χ1n) is 4.81. The van der Waals surface area contributed by atoms with Gasteiger partial charge < -0.3 is 5.11 Å². The third kappa shape index (κ3) is 3.00. The molecule has 0 bridgehead atoms. The van der Waals surface area contributed by atoms with Crippen molar-refractivity contribution in [2.45, 2.75) is 40.2 Å². The maximum Gasteiger partial charge on any atom is 0.328 e. The van der Waals surface area contributed by atoms with Crippen LogP contribution in [0.15, 0.2) is 0 Å². The molecule has 0 saturated carbocycles. The Morgan fingerprint density at radius 3 is 2.60 bits per heavy atom. The molecule has 0 aliphatic rings. The van der Waals surface area contributed by atoms with Crippen LogP contribution in [0.3, 0.4) is 0 Å². The molecular weight excluding hydrogens is 196 g/mol. The molecule has 0 amide bonds. The van der Waals surface area contributed by atoms with E-state index in [2.05, 4.69) is 36.3 Å². The van der Waals surface area contributed by atoms with E-state index in [1.807, 2.05) is 0 Å². The minimum atomic E-state index is -0.933. The van der Waals surface area contributed by atoms with Crippen LogP contribution in [0.25, 0.3) is 0 Å². The number of hydrogen-bond acceptors (Lipinski definition) is 4. The van der Waals surface area contributed by atoms with E-state index < -0.39 is 12.0 Å². The highest BCUT2D eigenvalue weighted by Gasteiger charge is 2.22. The van der Waals surface area contributed by atoms with Gasteiger partial charge in [-0.3, -0.25) is 0 Å². The highest BCUT2D eigenvalue weighted by Crippen LogP contribution is 2.20. The van der Waals surface area contributed by atoms with E-state index in [9.17, 15) is 4.79 Å². The molecule has 0 fully saturated rings. The van der Waals surface area contributed by atoms with E-state index >= 15 is 0 Å². The van der Waals surface area contributed by atoms with Gasteiger partial charge in [0.15, 0.2) is 5.82 Å². The Bertz CT molecular complexity index is 353. The summed E-state index contributed by atoms with van der Waals surface area (Å²) in [4.78, 5) is 10.8. The lowest BCUT2D eigenvalue weighted by atomic mass is 9.92. The quantitative estimate of drug-likeness (QED) is 0.805. The van der Waals surface area contributed by atoms with Crippen molar-refractivity contribution in [2.75, 3.05) is 0 Å². The van der Waals surface area contributed by atoms with Crippen molar-refractivity contribution in [3.8, 4) is 0 Å². The highest BCUT2D eigenvalue weighted by atomic mass is 16.4. The van der Waals surface area contributed by atoms with Crippen molar-refractivity contribution in [1.29, 1.82) is 0 Å². The molecule has 1 unspecified atom stereocenters. The molecule has 6 heteroatoms. The fourth-order valence-electron chi connectivity index (χ4n) is 1.21. The van der Waals surface area contributed by atoms with E-state index in [4.69, 9.17) is 5.11 Å². The second-order valence-electron chi connectivity index (χ2n) is 4.79. The van der Waals surface area contributed by atoms with Gasteiger partial charge in [0.05, 0.1) is 0 Å². The summed E-state index contributed by atoms with van der Waals surface area (Å²) >= 11 is 0. The lowest BCUT2D eigenvalue weighted by molar-refractivity contribution is -0.140. The zero-order chi connectivity index (χ0) is 11.6. The maximum absolute atomic E-state index is 10.8. The Labute approximate surface area is 88.3 Å². The Hall–Kier alpha value is -1.46. The maximum atomic E-state index is 10.8. The molecule has 1 atom stereocenters. The average molecular weight is 212 g/mol. The summed E-state index contributed by atoms with van der Waals surface area (Å²) in [6.45, 7) is 7.72. The van der Waals surface area contributed by atoms with Gasteiger partial charge in [0.25, 0.3) is 0 Å². The molecule has 0 aliphatic carbocycles. The summed E-state index contributed by atoms with van der Waals surface area (Å²) in [6.07, 6.45) is 0.650. The lowest BCUT2D eigenvalue weighted by Crippen LogP contribution is -2.22. The predicted molar refractivity (Wildman–Crippen MR) is 53.3 cm³/mol. The Kier molecular flexibility index (Phi) is 3.06. The summed E-state index contributed by atoms with van der Waals surface area (Å²) in [7, 11) is 0. The number of carbonyl (C=O) groups is 1. The van der Waals surface area contributed by atoms with Gasteiger partial charge >= 0.3 is 5.97 Å². The van der Waals surface area contributed by atoms with Gasteiger partial charge in [-0.1, -0.05) is 20.8 Å². The molecule has 0 spiro atoms. The van der Waals surface area contributed by atoms with E-state index in [0.717, 1.165) is 0 Å². The summed E-state index contributed by atoms with van der Waals surface area (Å²) in [5.74, 6) is -0.324. The Morgan fingerprint density at radius 2 is 2.13 bits per heavy atom. The molecule has 0 aliphatic heterocycles. The first-order valence-corrected chi connectivity index (χ1v) is 4.81. The average Bonchev–Trinajstić information content (AvgIpc) is 2.47. The number of aromatic nitrogens is 4. The second-order valence-corrected chi connectivity index (χ2v) is 4.79. The van der Waals surface area contributed by atoms with E-state index in [1.165, 1.54) is 4.68 Å². The van der Waals surface area contributed by atoms with Crippen LogP contribution >= 0.6 is 0 Å². The zero-order valence-electron chi connectivity index (χ0n) is 9.43. The fourth-order valence-corrected chi connectivity index (χ4v) is 1.21. The van der Waals surface area contributed by atoms with Gasteiger partial charge in [-0.15, -0.1) is 5.10 Å². The van der Waals surface area contributed by atoms with Gasteiger partial charge in [-0.25, -0.2) is 9.48 Å². The van der Waals surface area contributed by atoms with Crippen molar-refractivity contribution in [2.24, 2.45) is 5.41 Å². The summed E-state index contributed by atoms with van der Waals surface area (Å²) in [5.41, 5.74) is 0.0324. The largest absolute Gasteiger partial charge is 0.480 e. The Balaban J connectivity index is 2.92. The standard InChI is InChI=1S/C9H16N4O2/c1-6(8(14)15)13-7(10-11-12-13)5-9(2,3)4/h6H,5H2,1-4H3,(H,14,15). The van der Waals surface area contributed by atoms with E-state index in [-0.39, 0.29) is 5.41 Å². The van der Waals surface area contributed by atoms with Crippen LogP contribution in [0.5, 0.6) is 0 Å². The number of carboxylic acid groups (broad SMARTS) is 1. The smallest absolute Gasteiger partial charge is 0.328 e. The SMILES string of the molecule is CC(C(=O)O)n1nnnc1CC(C)(C)C. The number of tetrazole rings is 1. The van der Waals surface area contributed by atoms with E-state index in [0.29, 0.717) is 12.2 Å². The Morgan fingerprint density at radius 1 is 1.53 bits per heavy atom. The molecule has 1 N–H and O–H groups in total. The van der Waals surface area contributed by atoms with Gasteiger partial charge in [-0.05, 0) is 22.8 Å². The molecular formula is C9H16N4O2. The van der Waals surface area contributed by atoms with Gasteiger partial charge in [-0.2, -0.15) is 0 Å².